The molecule has 1 atom stereocenters. The molecule has 0 aromatic carbocycles. The van der Waals surface area contributed by atoms with Gasteiger partial charge in [-0.3, -0.25) is 4.79 Å². The first-order valence-electron chi connectivity index (χ1n) is 5.69. The van der Waals surface area contributed by atoms with Crippen LogP contribution >= 0.6 is 0 Å². The van der Waals surface area contributed by atoms with E-state index in [4.69, 9.17) is 0 Å². The predicted octanol–water partition coefficient (Wildman–Crippen LogP) is 1.41. The summed E-state index contributed by atoms with van der Waals surface area (Å²) in [5, 5.41) is 3.36. The Hall–Kier alpha value is -0.830. The van der Waals surface area contributed by atoms with Crippen molar-refractivity contribution in [3.05, 3.63) is 12.7 Å². The van der Waals surface area contributed by atoms with Crippen LogP contribution in [0.4, 0.5) is 0 Å². The lowest BCUT2D eigenvalue weighted by Crippen LogP contribution is -2.39. The molecule has 0 aromatic rings. The van der Waals surface area contributed by atoms with Crippen molar-refractivity contribution in [1.82, 2.24) is 10.2 Å². The van der Waals surface area contributed by atoms with Crippen molar-refractivity contribution >= 4 is 5.91 Å². The van der Waals surface area contributed by atoms with E-state index in [1.807, 2.05) is 6.08 Å². The largest absolute Gasteiger partial charge is 0.348 e. The normalized spacial score (nSPS) is 17.2. The topological polar surface area (TPSA) is 32.3 Å². The molecule has 1 unspecified atom stereocenters. The smallest absolute Gasteiger partial charge is 0.236 e. The van der Waals surface area contributed by atoms with Crippen LogP contribution in [0.1, 0.15) is 25.7 Å². The maximum Gasteiger partial charge on any atom is 0.236 e. The number of rotatable bonds is 7. The number of carbonyl (C=O) groups excluding carboxylic acids is 1. The van der Waals surface area contributed by atoms with Crippen LogP contribution in [0, 0.1) is 5.92 Å². The zero-order chi connectivity index (χ0) is 11.3. The van der Waals surface area contributed by atoms with Crippen molar-refractivity contribution in [2.24, 2.45) is 5.92 Å². The Morgan fingerprint density at radius 3 is 2.73 bits per heavy atom. The molecule has 3 heteroatoms. The van der Waals surface area contributed by atoms with Crippen LogP contribution in [0.15, 0.2) is 12.7 Å². The summed E-state index contributed by atoms with van der Waals surface area (Å²) in [5.41, 5.74) is 0. The minimum atomic E-state index is 0.152. The Bertz CT molecular complexity index is 222. The molecular formula is C12H22N2O. The molecule has 1 saturated carbocycles. The predicted molar refractivity (Wildman–Crippen MR) is 62.6 cm³/mol. The van der Waals surface area contributed by atoms with Crippen molar-refractivity contribution in [1.29, 1.82) is 0 Å². The van der Waals surface area contributed by atoms with Crippen LogP contribution in [0.2, 0.25) is 0 Å². The lowest BCUT2D eigenvalue weighted by Gasteiger charge is -2.18. The number of hydrogen-bond acceptors (Lipinski definition) is 2. The summed E-state index contributed by atoms with van der Waals surface area (Å²) in [5.74, 6) is 0.944. The molecule has 1 rings (SSSR count). The van der Waals surface area contributed by atoms with Crippen molar-refractivity contribution in [2.45, 2.75) is 31.7 Å². The monoisotopic (exact) mass is 210 g/mol. The van der Waals surface area contributed by atoms with Crippen molar-refractivity contribution < 1.29 is 4.79 Å². The van der Waals surface area contributed by atoms with Crippen molar-refractivity contribution in [3.8, 4) is 0 Å². The van der Waals surface area contributed by atoms with E-state index in [9.17, 15) is 4.79 Å². The van der Waals surface area contributed by atoms with Crippen LogP contribution in [-0.2, 0) is 4.79 Å². The molecule has 15 heavy (non-hydrogen) atoms. The average Bonchev–Trinajstić information content (AvgIpc) is 3.01. The maximum absolute atomic E-state index is 11.4. The van der Waals surface area contributed by atoms with Crippen LogP contribution < -0.4 is 5.32 Å². The summed E-state index contributed by atoms with van der Waals surface area (Å²) >= 11 is 0. The average molecular weight is 210 g/mol. The van der Waals surface area contributed by atoms with Gasteiger partial charge in [0.05, 0.1) is 6.54 Å². The summed E-state index contributed by atoms with van der Waals surface area (Å²) < 4.78 is 0. The first-order valence-corrected chi connectivity index (χ1v) is 5.69. The highest BCUT2D eigenvalue weighted by atomic mass is 16.2. The lowest BCUT2D eigenvalue weighted by atomic mass is 10.1. The van der Waals surface area contributed by atoms with Crippen LogP contribution in [0.25, 0.3) is 0 Å². The number of hydrogen-bond donors (Lipinski definition) is 1. The summed E-state index contributed by atoms with van der Waals surface area (Å²) in [4.78, 5) is 13.0. The lowest BCUT2D eigenvalue weighted by molar-refractivity contribution is -0.127. The minimum absolute atomic E-state index is 0.152. The molecule has 1 aliphatic rings. The van der Waals surface area contributed by atoms with E-state index in [-0.39, 0.29) is 5.91 Å². The molecule has 1 N–H and O–H groups in total. The molecule has 3 nitrogen and oxygen atoms in total. The Morgan fingerprint density at radius 2 is 2.27 bits per heavy atom. The quantitative estimate of drug-likeness (QED) is 0.644. The molecule has 1 fully saturated rings. The SMILES string of the molecule is C=CCCC(NCC(=O)N(C)C)C1CC1. The highest BCUT2D eigenvalue weighted by molar-refractivity contribution is 5.77. The number of amides is 1. The molecule has 86 valence electrons. The first kappa shape index (κ1) is 12.2. The van der Waals surface area contributed by atoms with Gasteiger partial charge in [-0.25, -0.2) is 0 Å². The second-order valence-corrected chi connectivity index (χ2v) is 4.48. The summed E-state index contributed by atoms with van der Waals surface area (Å²) in [6.07, 6.45) is 6.71. The highest BCUT2D eigenvalue weighted by Crippen LogP contribution is 2.34. The molecule has 0 aromatic heterocycles. The third kappa shape index (κ3) is 4.47. The molecule has 0 spiro atoms. The van der Waals surface area contributed by atoms with E-state index in [1.165, 1.54) is 12.8 Å². The van der Waals surface area contributed by atoms with Crippen LogP contribution in [-0.4, -0.2) is 37.5 Å². The van der Waals surface area contributed by atoms with Gasteiger partial charge in [0.15, 0.2) is 0 Å². The third-order valence-electron chi connectivity index (χ3n) is 2.89. The zero-order valence-electron chi connectivity index (χ0n) is 9.83. The Kier molecular flexibility index (Phi) is 4.82. The van der Waals surface area contributed by atoms with Gasteiger partial charge in [-0.05, 0) is 31.6 Å². The summed E-state index contributed by atoms with van der Waals surface area (Å²) in [7, 11) is 3.58. The second-order valence-electron chi connectivity index (χ2n) is 4.48. The van der Waals surface area contributed by atoms with Gasteiger partial charge in [0.2, 0.25) is 5.91 Å². The van der Waals surface area contributed by atoms with Gasteiger partial charge < -0.3 is 10.2 Å². The Morgan fingerprint density at radius 1 is 1.60 bits per heavy atom. The Balaban J connectivity index is 2.25. The van der Waals surface area contributed by atoms with Gasteiger partial charge in [-0.15, -0.1) is 6.58 Å². The molecule has 0 bridgehead atoms. The fourth-order valence-electron chi connectivity index (χ4n) is 1.68. The number of nitrogens with zero attached hydrogens (tertiary/aromatic N) is 1. The zero-order valence-corrected chi connectivity index (χ0v) is 9.83. The number of nitrogens with one attached hydrogen (secondary N) is 1. The van der Waals surface area contributed by atoms with E-state index < -0.39 is 0 Å². The fraction of sp³-hybridized carbons (Fsp3) is 0.750. The second kappa shape index (κ2) is 5.91. The molecule has 0 heterocycles. The van der Waals surface area contributed by atoms with Gasteiger partial charge >= 0.3 is 0 Å². The molecular weight excluding hydrogens is 188 g/mol. The molecule has 0 aliphatic heterocycles. The summed E-state index contributed by atoms with van der Waals surface area (Å²) in [6, 6.07) is 0.506. The van der Waals surface area contributed by atoms with Gasteiger partial charge in [-0.2, -0.15) is 0 Å². The first-order chi connectivity index (χ1) is 7.15. The van der Waals surface area contributed by atoms with Gasteiger partial charge in [0.1, 0.15) is 0 Å². The standard InChI is InChI=1S/C12H22N2O/c1-4-5-6-11(10-7-8-10)13-9-12(15)14(2)3/h4,10-11,13H,1,5-9H2,2-3H3. The van der Waals surface area contributed by atoms with E-state index in [0.29, 0.717) is 12.6 Å². The molecule has 0 radical (unpaired) electrons. The van der Waals surface area contributed by atoms with Crippen LogP contribution in [0.5, 0.6) is 0 Å². The third-order valence-corrected chi connectivity index (χ3v) is 2.89. The maximum atomic E-state index is 11.4. The number of allylic oxidation sites excluding steroid dienone is 1. The number of carbonyl (C=O) groups is 1. The van der Waals surface area contributed by atoms with Crippen molar-refractivity contribution in [3.63, 3.8) is 0 Å². The molecule has 1 aliphatic carbocycles. The highest BCUT2D eigenvalue weighted by Gasteiger charge is 2.30. The Labute approximate surface area is 92.5 Å². The van der Waals surface area contributed by atoms with E-state index in [0.717, 1.165) is 18.8 Å². The van der Waals surface area contributed by atoms with Gasteiger partial charge in [0.25, 0.3) is 0 Å². The van der Waals surface area contributed by atoms with E-state index >= 15 is 0 Å². The van der Waals surface area contributed by atoms with Crippen molar-refractivity contribution in [2.75, 3.05) is 20.6 Å². The fourth-order valence-corrected chi connectivity index (χ4v) is 1.68. The minimum Gasteiger partial charge on any atom is -0.348 e. The van der Waals surface area contributed by atoms with Gasteiger partial charge in [-0.1, -0.05) is 6.08 Å². The van der Waals surface area contributed by atoms with Crippen LogP contribution in [0.3, 0.4) is 0 Å². The molecule has 1 amide bonds. The number of likely N-dealkylation sites (N-methyl/N-ethyl adjacent to an activating group) is 1. The molecule has 0 saturated heterocycles. The summed E-state index contributed by atoms with van der Waals surface area (Å²) in [6.45, 7) is 4.20. The van der Waals surface area contributed by atoms with Gasteiger partial charge in [0, 0.05) is 20.1 Å². The van der Waals surface area contributed by atoms with E-state index in [2.05, 4.69) is 11.9 Å². The van der Waals surface area contributed by atoms with E-state index in [1.54, 1.807) is 19.0 Å².